The molecule has 0 aromatic carbocycles. The van der Waals surface area contributed by atoms with Gasteiger partial charge in [-0.15, -0.1) is 0 Å². The molecule has 1 heterocycles. The van der Waals surface area contributed by atoms with E-state index < -0.39 is 5.41 Å². The van der Waals surface area contributed by atoms with Crippen molar-refractivity contribution in [2.75, 3.05) is 6.54 Å². The first-order valence-corrected chi connectivity index (χ1v) is 16.7. The first-order valence-electron chi connectivity index (χ1n) is 16.7. The van der Waals surface area contributed by atoms with Crippen LogP contribution in [0.15, 0.2) is 22.2 Å². The van der Waals surface area contributed by atoms with Gasteiger partial charge in [-0.3, -0.25) is 9.59 Å². The van der Waals surface area contributed by atoms with Crippen LogP contribution in [-0.2, 0) is 16.1 Å². The highest BCUT2D eigenvalue weighted by Gasteiger charge is 2.66. The fraction of sp³-hybridized carbons (Fsp3) is 0.784. The Kier molecular flexibility index (Phi) is 7.98. The van der Waals surface area contributed by atoms with E-state index in [0.29, 0.717) is 42.1 Å². The van der Waals surface area contributed by atoms with Crippen molar-refractivity contribution >= 4 is 11.6 Å². The highest BCUT2D eigenvalue weighted by Crippen LogP contribution is 2.70. The molecule has 1 N–H and O–H groups in total. The Morgan fingerprint density at radius 2 is 1.77 bits per heavy atom. The molecule has 0 saturated heterocycles. The second kappa shape index (κ2) is 10.7. The number of hydrogen-bond acceptors (Lipinski definition) is 6. The van der Waals surface area contributed by atoms with Gasteiger partial charge in [0.15, 0.2) is 5.78 Å². The number of nitrogens with one attached hydrogen (secondary N) is 1. The van der Waals surface area contributed by atoms with Gasteiger partial charge in [0.05, 0.1) is 11.3 Å². The predicted molar refractivity (Wildman–Crippen MR) is 169 cm³/mol. The van der Waals surface area contributed by atoms with E-state index in [1.165, 1.54) is 19.3 Å². The average molecular weight is 590 g/mol. The molecule has 43 heavy (non-hydrogen) atoms. The van der Waals surface area contributed by atoms with E-state index in [2.05, 4.69) is 58.1 Å². The van der Waals surface area contributed by atoms with Crippen LogP contribution >= 0.6 is 0 Å². The summed E-state index contributed by atoms with van der Waals surface area (Å²) in [6.07, 6.45) is 10.8. The fourth-order valence-electron chi connectivity index (χ4n) is 10.8. The minimum absolute atomic E-state index is 0.0320. The van der Waals surface area contributed by atoms with E-state index in [9.17, 15) is 14.9 Å². The Morgan fingerprint density at radius 3 is 2.40 bits per heavy atom. The molecular weight excluding hydrogens is 534 g/mol. The Hall–Kier alpha value is -2.26. The van der Waals surface area contributed by atoms with Crippen LogP contribution in [0.5, 0.6) is 0 Å². The number of aryl methyl sites for hydroxylation is 1. The van der Waals surface area contributed by atoms with Gasteiger partial charge in [0.2, 0.25) is 0 Å². The third-order valence-corrected chi connectivity index (χ3v) is 13.7. The van der Waals surface area contributed by atoms with E-state index in [0.717, 1.165) is 43.7 Å². The number of hydrogen-bond donors (Lipinski definition) is 1. The third-order valence-electron chi connectivity index (χ3n) is 13.7. The maximum Gasteiger partial charge on any atom is 0.178 e. The molecule has 0 aliphatic heterocycles. The molecule has 236 valence electrons. The normalized spacial score (nSPS) is 40.3. The fourth-order valence-corrected chi connectivity index (χ4v) is 10.8. The molecule has 0 radical (unpaired) electrons. The molecule has 3 fully saturated rings. The number of nitrogens with zero attached hydrogens (tertiary/aromatic N) is 2. The van der Waals surface area contributed by atoms with Crippen LogP contribution < -0.4 is 5.32 Å². The number of Topliss-reactive ketones (excluding diaryl/α,β-unsaturated/α-hetero) is 2. The summed E-state index contributed by atoms with van der Waals surface area (Å²) in [6, 6.07) is 4.24. The molecule has 0 bridgehead atoms. The van der Waals surface area contributed by atoms with Crippen LogP contribution in [0.25, 0.3) is 0 Å². The molecule has 6 nitrogen and oxygen atoms in total. The zero-order valence-electron chi connectivity index (χ0n) is 28.3. The SMILES string of the molecule is Cc1cc(CNC[C@]2(CC[C@]3(C)CC(=O)C[C@@H]4[C@@]5(C)C=C(C#N)C(=O)C(C)(C)C5CC[C@]43C)CCC(C)(C)CC2C)no1. The molecular formula is C37H55N3O3. The first kappa shape index (κ1) is 32.1. The summed E-state index contributed by atoms with van der Waals surface area (Å²) in [5, 5.41) is 17.9. The maximum atomic E-state index is 13.7. The lowest BCUT2D eigenvalue weighted by Gasteiger charge is -2.66. The summed E-state index contributed by atoms with van der Waals surface area (Å²) >= 11 is 0. The zero-order valence-corrected chi connectivity index (χ0v) is 28.3. The summed E-state index contributed by atoms with van der Waals surface area (Å²) in [5.74, 6) is 1.97. The van der Waals surface area contributed by atoms with E-state index in [4.69, 9.17) is 4.52 Å². The van der Waals surface area contributed by atoms with Gasteiger partial charge in [-0.25, -0.2) is 0 Å². The Morgan fingerprint density at radius 1 is 1.05 bits per heavy atom. The smallest absolute Gasteiger partial charge is 0.178 e. The van der Waals surface area contributed by atoms with Crippen molar-refractivity contribution in [1.29, 1.82) is 5.26 Å². The third kappa shape index (κ3) is 5.26. The van der Waals surface area contributed by atoms with Gasteiger partial charge in [0, 0.05) is 37.4 Å². The van der Waals surface area contributed by atoms with Gasteiger partial charge >= 0.3 is 0 Å². The minimum atomic E-state index is -0.602. The minimum Gasteiger partial charge on any atom is -0.361 e. The van der Waals surface area contributed by atoms with Gasteiger partial charge in [-0.2, -0.15) is 5.26 Å². The predicted octanol–water partition coefficient (Wildman–Crippen LogP) is 8.15. The molecule has 7 atom stereocenters. The van der Waals surface area contributed by atoms with Crippen molar-refractivity contribution in [2.24, 2.45) is 50.2 Å². The lowest BCUT2D eigenvalue weighted by molar-refractivity contribution is -0.175. The molecule has 0 amide bonds. The molecule has 5 rings (SSSR count). The van der Waals surface area contributed by atoms with Gasteiger partial charge in [-0.05, 0) is 96.7 Å². The van der Waals surface area contributed by atoms with Crippen LogP contribution in [0, 0.1) is 68.5 Å². The van der Waals surface area contributed by atoms with E-state index in [-0.39, 0.29) is 39.3 Å². The van der Waals surface area contributed by atoms with Crippen molar-refractivity contribution in [2.45, 2.75) is 127 Å². The topological polar surface area (TPSA) is 96.0 Å². The van der Waals surface area contributed by atoms with Crippen LogP contribution in [0.1, 0.15) is 125 Å². The Labute approximate surface area is 259 Å². The summed E-state index contributed by atoms with van der Waals surface area (Å²) in [7, 11) is 0. The van der Waals surface area contributed by atoms with Crippen LogP contribution in [0.2, 0.25) is 0 Å². The van der Waals surface area contributed by atoms with Crippen molar-refractivity contribution < 1.29 is 14.1 Å². The maximum absolute atomic E-state index is 13.7. The van der Waals surface area contributed by atoms with Crippen LogP contribution in [0.3, 0.4) is 0 Å². The summed E-state index contributed by atoms with van der Waals surface area (Å²) < 4.78 is 5.31. The largest absolute Gasteiger partial charge is 0.361 e. The summed E-state index contributed by atoms with van der Waals surface area (Å²) in [4.78, 5) is 27.0. The monoisotopic (exact) mass is 589 g/mol. The number of carbonyl (C=O) groups excluding carboxylic acids is 2. The van der Waals surface area contributed by atoms with Crippen LogP contribution in [0.4, 0.5) is 0 Å². The lowest BCUT2D eigenvalue weighted by Crippen LogP contribution is -2.62. The Bertz CT molecular complexity index is 1350. The number of carbonyl (C=O) groups is 2. The van der Waals surface area contributed by atoms with Crippen molar-refractivity contribution in [1.82, 2.24) is 10.5 Å². The van der Waals surface area contributed by atoms with Crippen molar-refractivity contribution in [3.63, 3.8) is 0 Å². The number of ketones is 2. The number of fused-ring (bicyclic) bond motifs is 3. The van der Waals surface area contributed by atoms with Gasteiger partial charge in [0.25, 0.3) is 0 Å². The highest BCUT2D eigenvalue weighted by molar-refractivity contribution is 6.04. The number of nitriles is 1. The van der Waals surface area contributed by atoms with Gasteiger partial charge in [0.1, 0.15) is 17.6 Å². The second-order valence-corrected chi connectivity index (χ2v) is 17.3. The molecule has 4 aliphatic rings. The van der Waals surface area contributed by atoms with E-state index >= 15 is 0 Å². The standard InChI is InChI=1S/C37H55N3O3/c1-24-18-32(3,4)12-14-37(24,23-39-22-27-16-25(2)43-40-27)15-13-34(7)20-28(41)17-30-35(8)19-26(21-38)31(42)33(5,6)29(35)10-11-36(30,34)9/h16,19,24,29-30,39H,10-15,17-18,20,22-23H2,1-9H3/t24?,29?,30-,34-,35+,36-,37-/m1/s1. The highest BCUT2D eigenvalue weighted by atomic mass is 16.5. The second-order valence-electron chi connectivity index (χ2n) is 17.3. The van der Waals surface area contributed by atoms with Crippen LogP contribution in [-0.4, -0.2) is 23.3 Å². The molecule has 1 aromatic rings. The van der Waals surface area contributed by atoms with E-state index in [1.807, 2.05) is 32.9 Å². The quantitative estimate of drug-likeness (QED) is 0.345. The molecule has 6 heteroatoms. The lowest BCUT2D eigenvalue weighted by atomic mass is 9.37. The van der Waals surface area contributed by atoms with Crippen molar-refractivity contribution in [3.8, 4) is 6.07 Å². The van der Waals surface area contributed by atoms with Crippen molar-refractivity contribution in [3.05, 3.63) is 29.2 Å². The molecule has 1 aromatic heterocycles. The molecule has 0 spiro atoms. The molecule has 2 unspecified atom stereocenters. The number of allylic oxidation sites excluding steroid dienone is 2. The average Bonchev–Trinajstić information content (AvgIpc) is 3.33. The number of aromatic nitrogens is 1. The molecule has 3 saturated carbocycles. The zero-order chi connectivity index (χ0) is 31.6. The van der Waals surface area contributed by atoms with Gasteiger partial charge in [-0.1, -0.05) is 66.6 Å². The Balaban J connectivity index is 1.44. The summed E-state index contributed by atoms with van der Waals surface area (Å²) in [5.41, 5.74) is 0.576. The molecule has 4 aliphatic carbocycles. The van der Waals surface area contributed by atoms with Gasteiger partial charge < -0.3 is 9.84 Å². The summed E-state index contributed by atoms with van der Waals surface area (Å²) in [6.45, 7) is 22.0. The first-order chi connectivity index (χ1) is 19.9. The van der Waals surface area contributed by atoms with E-state index in [1.54, 1.807) is 0 Å². The number of rotatable bonds is 7.